The number of likely N-dealkylation sites (N-methyl/N-ethyl adjacent to an activating group) is 1. The molecule has 0 unspecified atom stereocenters. The van der Waals surface area contributed by atoms with Crippen molar-refractivity contribution in [1.29, 1.82) is 0 Å². The average molecular weight is 446 g/mol. The molecule has 8 nitrogen and oxygen atoms in total. The molecular weight excluding hydrogens is 413 g/mol. The highest BCUT2D eigenvalue weighted by atomic mass is 19.1. The van der Waals surface area contributed by atoms with Crippen LogP contribution in [0.25, 0.3) is 0 Å². The molecule has 2 amide bonds. The third-order valence-corrected chi connectivity index (χ3v) is 5.61. The summed E-state index contributed by atoms with van der Waals surface area (Å²) in [5, 5.41) is 9.79. The summed E-state index contributed by atoms with van der Waals surface area (Å²) in [7, 11) is 3.89. The monoisotopic (exact) mass is 445 g/mol. The fourth-order valence-corrected chi connectivity index (χ4v) is 4.03. The van der Waals surface area contributed by atoms with Crippen molar-refractivity contribution < 1.29 is 18.7 Å². The van der Waals surface area contributed by atoms with E-state index in [9.17, 15) is 14.0 Å². The Kier molecular flexibility index (Phi) is 6.88. The minimum absolute atomic E-state index is 0.0713. The number of anilines is 1. The van der Waals surface area contributed by atoms with Crippen LogP contribution in [0.15, 0.2) is 24.3 Å². The zero-order valence-corrected chi connectivity index (χ0v) is 19.5. The van der Waals surface area contributed by atoms with Gasteiger partial charge < -0.3 is 15.0 Å². The summed E-state index contributed by atoms with van der Waals surface area (Å²) in [5.74, 6) is -0.542. The van der Waals surface area contributed by atoms with Gasteiger partial charge in [0.2, 0.25) is 0 Å². The van der Waals surface area contributed by atoms with E-state index in [1.807, 2.05) is 32.8 Å². The maximum Gasteiger partial charge on any atom is 0.411 e. The second-order valence-corrected chi connectivity index (χ2v) is 9.40. The number of aromatic nitrogens is 2. The van der Waals surface area contributed by atoms with Gasteiger partial charge in [-0.3, -0.25) is 14.8 Å². The van der Waals surface area contributed by atoms with Crippen LogP contribution in [0.1, 0.15) is 55.7 Å². The van der Waals surface area contributed by atoms with Gasteiger partial charge in [0, 0.05) is 12.1 Å². The Labute approximate surface area is 188 Å². The molecule has 1 aliphatic rings. The third-order valence-electron chi connectivity index (χ3n) is 5.61. The van der Waals surface area contributed by atoms with Crippen LogP contribution in [0.3, 0.4) is 0 Å². The second kappa shape index (κ2) is 9.28. The highest BCUT2D eigenvalue weighted by Crippen LogP contribution is 2.41. The van der Waals surface area contributed by atoms with E-state index in [4.69, 9.17) is 4.74 Å². The van der Waals surface area contributed by atoms with E-state index >= 15 is 0 Å². The van der Waals surface area contributed by atoms with Crippen molar-refractivity contribution in [3.8, 4) is 0 Å². The van der Waals surface area contributed by atoms with Gasteiger partial charge in [0.05, 0.1) is 23.3 Å². The van der Waals surface area contributed by atoms with Crippen molar-refractivity contribution in [2.24, 2.45) is 5.92 Å². The molecule has 174 valence electrons. The average Bonchev–Trinajstić information content (AvgIpc) is 3.19. The molecule has 0 aliphatic carbocycles. The number of rotatable bonds is 7. The van der Waals surface area contributed by atoms with Crippen LogP contribution in [0.4, 0.5) is 15.0 Å². The van der Waals surface area contributed by atoms with Gasteiger partial charge in [0.15, 0.2) is 5.82 Å². The highest BCUT2D eigenvalue weighted by Gasteiger charge is 2.45. The summed E-state index contributed by atoms with van der Waals surface area (Å²) in [6.45, 7) is 8.83. The number of amides is 2. The molecule has 1 aliphatic heterocycles. The number of fused-ring (bicyclic) bond motifs is 1. The number of carbonyl (C=O) groups is 2. The standard InChI is InChI=1S/C23H32FN5O3/c1-14(2)11-15(12-28(5)6)32-22(31)29-13-17-19(23(29,3)4)26-27-20(17)25-21(30)16-9-7-8-10-18(16)24/h7-10,14-15H,11-13H2,1-6H3,(H2,25,26,27,30)/t15-/m0/s1. The largest absolute Gasteiger partial charge is 0.445 e. The van der Waals surface area contributed by atoms with Crippen molar-refractivity contribution in [3.63, 3.8) is 0 Å². The van der Waals surface area contributed by atoms with Crippen LogP contribution >= 0.6 is 0 Å². The molecule has 0 spiro atoms. The lowest BCUT2D eigenvalue weighted by molar-refractivity contribution is 0.0195. The predicted octanol–water partition coefficient (Wildman–Crippen LogP) is 3.96. The molecule has 1 aromatic carbocycles. The number of carbonyl (C=O) groups excluding carboxylic acids is 2. The van der Waals surface area contributed by atoms with E-state index in [0.29, 0.717) is 23.7 Å². The summed E-state index contributed by atoms with van der Waals surface area (Å²) in [6.07, 6.45) is 0.110. The SMILES string of the molecule is CC(C)C[C@@H](CN(C)C)OC(=O)N1Cc2c(NC(=O)c3ccccc3F)n[nH]c2C1(C)C. The second-order valence-electron chi connectivity index (χ2n) is 9.40. The first-order valence-electron chi connectivity index (χ1n) is 10.8. The number of benzene rings is 1. The molecule has 0 fully saturated rings. The van der Waals surface area contributed by atoms with Gasteiger partial charge in [-0.15, -0.1) is 0 Å². The van der Waals surface area contributed by atoms with Crippen LogP contribution in [-0.4, -0.2) is 58.7 Å². The number of nitrogens with one attached hydrogen (secondary N) is 2. The topological polar surface area (TPSA) is 90.6 Å². The first kappa shape index (κ1) is 23.7. The number of hydrogen-bond acceptors (Lipinski definition) is 5. The predicted molar refractivity (Wildman–Crippen MR) is 120 cm³/mol. The fourth-order valence-electron chi connectivity index (χ4n) is 4.03. The normalized spacial score (nSPS) is 15.7. The fraction of sp³-hybridized carbons (Fsp3) is 0.522. The van der Waals surface area contributed by atoms with Crippen molar-refractivity contribution in [2.75, 3.05) is 26.0 Å². The van der Waals surface area contributed by atoms with Crippen LogP contribution < -0.4 is 5.32 Å². The Morgan fingerprint density at radius 3 is 2.62 bits per heavy atom. The molecule has 2 heterocycles. The van der Waals surface area contributed by atoms with Crippen molar-refractivity contribution in [1.82, 2.24) is 20.0 Å². The number of halogens is 1. The number of aromatic amines is 1. The molecule has 3 rings (SSSR count). The molecule has 32 heavy (non-hydrogen) atoms. The van der Waals surface area contributed by atoms with E-state index < -0.39 is 23.4 Å². The summed E-state index contributed by atoms with van der Waals surface area (Å²) in [5.41, 5.74) is 0.620. The van der Waals surface area contributed by atoms with E-state index in [0.717, 1.165) is 6.42 Å². The van der Waals surface area contributed by atoms with E-state index in [-0.39, 0.29) is 24.0 Å². The van der Waals surface area contributed by atoms with Crippen LogP contribution in [0.2, 0.25) is 0 Å². The molecule has 2 N–H and O–H groups in total. The van der Waals surface area contributed by atoms with E-state index in [1.165, 1.54) is 18.2 Å². The molecule has 0 radical (unpaired) electrons. The highest BCUT2D eigenvalue weighted by molar-refractivity contribution is 6.04. The third kappa shape index (κ3) is 4.93. The first-order chi connectivity index (χ1) is 15.0. The minimum Gasteiger partial charge on any atom is -0.445 e. The first-order valence-corrected chi connectivity index (χ1v) is 10.8. The Hall–Kier alpha value is -2.94. The Morgan fingerprint density at radius 2 is 2.00 bits per heavy atom. The number of hydrogen-bond donors (Lipinski definition) is 2. The lowest BCUT2D eigenvalue weighted by atomic mass is 10.0. The summed E-state index contributed by atoms with van der Waals surface area (Å²) >= 11 is 0. The molecule has 0 saturated heterocycles. The molecule has 0 saturated carbocycles. The number of H-pyrrole nitrogens is 1. The van der Waals surface area contributed by atoms with E-state index in [1.54, 1.807) is 11.0 Å². The molecule has 1 atom stereocenters. The van der Waals surface area contributed by atoms with Gasteiger partial charge in [-0.2, -0.15) is 5.10 Å². The van der Waals surface area contributed by atoms with Crippen molar-refractivity contribution >= 4 is 17.8 Å². The summed E-state index contributed by atoms with van der Waals surface area (Å²) < 4.78 is 19.8. The molecule has 9 heteroatoms. The molecule has 1 aromatic heterocycles. The smallest absolute Gasteiger partial charge is 0.411 e. The van der Waals surface area contributed by atoms with Gasteiger partial charge in [0.1, 0.15) is 11.9 Å². The quantitative estimate of drug-likeness (QED) is 0.673. The lowest BCUT2D eigenvalue weighted by Crippen LogP contribution is -2.44. The van der Waals surface area contributed by atoms with Gasteiger partial charge in [0.25, 0.3) is 5.91 Å². The van der Waals surface area contributed by atoms with Crippen LogP contribution in [-0.2, 0) is 16.8 Å². The molecule has 2 aromatic rings. The van der Waals surface area contributed by atoms with Gasteiger partial charge in [-0.05, 0) is 52.4 Å². The Bertz CT molecular complexity index is 976. The lowest BCUT2D eigenvalue weighted by Gasteiger charge is -2.33. The van der Waals surface area contributed by atoms with Crippen LogP contribution in [0.5, 0.6) is 0 Å². The Balaban J connectivity index is 1.77. The summed E-state index contributed by atoms with van der Waals surface area (Å²) in [6, 6.07) is 5.75. The molecule has 0 bridgehead atoms. The van der Waals surface area contributed by atoms with Crippen LogP contribution in [0, 0.1) is 11.7 Å². The molecular formula is C23H32FN5O3. The van der Waals surface area contributed by atoms with Gasteiger partial charge in [-0.1, -0.05) is 26.0 Å². The van der Waals surface area contributed by atoms with Crippen molar-refractivity contribution in [3.05, 3.63) is 46.9 Å². The maximum atomic E-state index is 14.0. The number of ether oxygens (including phenoxy) is 1. The van der Waals surface area contributed by atoms with Gasteiger partial charge >= 0.3 is 6.09 Å². The Morgan fingerprint density at radius 1 is 1.31 bits per heavy atom. The zero-order chi connectivity index (χ0) is 23.6. The minimum atomic E-state index is -0.707. The van der Waals surface area contributed by atoms with Gasteiger partial charge in [-0.25, -0.2) is 9.18 Å². The summed E-state index contributed by atoms with van der Waals surface area (Å²) in [4.78, 5) is 29.3. The maximum absolute atomic E-state index is 14.0. The zero-order valence-electron chi connectivity index (χ0n) is 19.5. The van der Waals surface area contributed by atoms with Crippen molar-refractivity contribution in [2.45, 2.75) is 52.3 Å². The number of nitrogens with zero attached hydrogens (tertiary/aromatic N) is 3. The van der Waals surface area contributed by atoms with E-state index in [2.05, 4.69) is 29.4 Å².